The van der Waals surface area contributed by atoms with Crippen molar-refractivity contribution < 1.29 is 14.7 Å². The van der Waals surface area contributed by atoms with Gasteiger partial charge in [-0.15, -0.1) is 0 Å². The van der Waals surface area contributed by atoms with E-state index in [2.05, 4.69) is 11.5 Å². The van der Waals surface area contributed by atoms with Gasteiger partial charge in [-0.2, -0.15) is 0 Å². The second kappa shape index (κ2) is 8.89. The third kappa shape index (κ3) is 5.22. The zero-order valence-electron chi connectivity index (χ0n) is 16.3. The molecule has 25 heavy (non-hydrogen) atoms. The number of rotatable bonds is 9. The van der Waals surface area contributed by atoms with Crippen LogP contribution in [0.1, 0.15) is 48.0 Å². The number of hydrogen-bond acceptors (Lipinski definition) is 2. The lowest BCUT2D eigenvalue weighted by molar-refractivity contribution is -0.147. The van der Waals surface area contributed by atoms with Gasteiger partial charge in [0.05, 0.1) is 11.8 Å². The quantitative estimate of drug-likeness (QED) is 0.641. The highest BCUT2D eigenvalue weighted by atomic mass is 16.4. The largest absolute Gasteiger partial charge is 0.481 e. The Hall–Kier alpha value is -2.02. The van der Waals surface area contributed by atoms with Crippen LogP contribution >= 0.6 is 0 Å². The Morgan fingerprint density at radius 3 is 2.24 bits per heavy atom. The molecule has 2 unspecified atom stereocenters. The van der Waals surface area contributed by atoms with Crippen molar-refractivity contribution in [1.29, 1.82) is 0 Å². The lowest BCUT2D eigenvalue weighted by atomic mass is 9.67. The van der Waals surface area contributed by atoms with Crippen molar-refractivity contribution in [3.8, 4) is 0 Å². The molecular weight excluding hydrogens is 314 g/mol. The third-order valence-corrected chi connectivity index (χ3v) is 4.95. The first-order valence-corrected chi connectivity index (χ1v) is 9.05. The summed E-state index contributed by atoms with van der Waals surface area (Å²) >= 11 is 0. The van der Waals surface area contributed by atoms with Crippen LogP contribution in [0.5, 0.6) is 0 Å². The van der Waals surface area contributed by atoms with Gasteiger partial charge in [0.1, 0.15) is 0 Å². The summed E-state index contributed by atoms with van der Waals surface area (Å²) in [5.74, 6) is -1.70. The van der Waals surface area contributed by atoms with E-state index in [4.69, 9.17) is 0 Å². The van der Waals surface area contributed by atoms with Crippen molar-refractivity contribution in [2.45, 2.75) is 48.0 Å². The van der Waals surface area contributed by atoms with E-state index in [1.807, 2.05) is 53.7 Å². The zero-order valence-corrected chi connectivity index (χ0v) is 16.3. The minimum atomic E-state index is -0.805. The lowest BCUT2D eigenvalue weighted by Gasteiger charge is -2.38. The smallest absolute Gasteiger partial charge is 0.306 e. The lowest BCUT2D eigenvalue weighted by Crippen LogP contribution is -2.44. The van der Waals surface area contributed by atoms with Gasteiger partial charge in [0, 0.05) is 18.7 Å². The van der Waals surface area contributed by atoms with E-state index in [1.165, 1.54) is 0 Å². The number of carbonyl (C=O) groups is 2. The fourth-order valence-corrected chi connectivity index (χ4v) is 3.43. The van der Waals surface area contributed by atoms with Crippen molar-refractivity contribution in [2.24, 2.45) is 23.2 Å². The number of carboxylic acids is 1. The molecule has 0 radical (unpaired) electrons. The van der Waals surface area contributed by atoms with E-state index >= 15 is 0 Å². The summed E-state index contributed by atoms with van der Waals surface area (Å²) in [6.45, 7) is 13.0. The van der Waals surface area contributed by atoms with Gasteiger partial charge in [-0.1, -0.05) is 45.2 Å². The Balaban J connectivity index is 3.32. The Bertz CT molecular complexity index is 626. The molecule has 4 nitrogen and oxygen atoms in total. The molecule has 1 N–H and O–H groups in total. The molecule has 1 rings (SSSR count). The first-order valence-electron chi connectivity index (χ1n) is 9.05. The van der Waals surface area contributed by atoms with E-state index < -0.39 is 23.2 Å². The number of carboxylic acid groups (broad SMARTS) is 1. The maximum atomic E-state index is 13.2. The second-order valence-electron chi connectivity index (χ2n) is 7.58. The molecule has 2 atom stereocenters. The molecule has 0 heterocycles. The van der Waals surface area contributed by atoms with Gasteiger partial charge >= 0.3 is 5.97 Å². The maximum absolute atomic E-state index is 13.2. The number of nitrogens with zero attached hydrogens (tertiary/aromatic N) is 1. The minimum Gasteiger partial charge on any atom is -0.481 e. The van der Waals surface area contributed by atoms with Gasteiger partial charge in [-0.05, 0) is 43.8 Å². The van der Waals surface area contributed by atoms with Crippen molar-refractivity contribution in [3.05, 3.63) is 35.3 Å². The van der Waals surface area contributed by atoms with Crippen LogP contribution in [0.2, 0.25) is 0 Å². The molecule has 0 aliphatic heterocycles. The van der Waals surface area contributed by atoms with Crippen LogP contribution < -0.4 is 0 Å². The van der Waals surface area contributed by atoms with E-state index in [1.54, 1.807) is 11.0 Å². The van der Waals surface area contributed by atoms with Crippen LogP contribution in [-0.4, -0.2) is 35.0 Å². The molecule has 0 saturated carbocycles. The molecule has 0 bridgehead atoms. The number of aliphatic carboxylic acids is 1. The number of carbonyl (C=O) groups excluding carboxylic acids is 1. The summed E-state index contributed by atoms with van der Waals surface area (Å²) < 4.78 is 0. The molecular formula is C21H31NO3. The molecule has 0 aromatic rings. The number of amides is 1. The van der Waals surface area contributed by atoms with E-state index in [0.29, 0.717) is 19.5 Å². The topological polar surface area (TPSA) is 57.6 Å². The molecule has 1 aliphatic carbocycles. The molecule has 0 fully saturated rings. The van der Waals surface area contributed by atoms with Gasteiger partial charge in [-0.25, -0.2) is 0 Å². The maximum Gasteiger partial charge on any atom is 0.306 e. The molecule has 0 spiro atoms. The minimum absolute atomic E-state index is 0.00676. The van der Waals surface area contributed by atoms with Crippen LogP contribution in [0.15, 0.2) is 35.3 Å². The summed E-state index contributed by atoms with van der Waals surface area (Å²) in [5.41, 5.74) is 6.26. The molecule has 1 amide bonds. The summed E-state index contributed by atoms with van der Waals surface area (Å²) in [6, 6.07) is 0. The summed E-state index contributed by atoms with van der Waals surface area (Å²) in [4.78, 5) is 26.7. The highest BCUT2D eigenvalue weighted by Gasteiger charge is 2.42. The van der Waals surface area contributed by atoms with E-state index in [-0.39, 0.29) is 11.8 Å². The SMILES string of the molecule is CCN(CC)C(=O)C(C1=C=C=CC=C1)C(C)(C)CC(C(=O)O)C(C)C. The Morgan fingerprint density at radius 2 is 1.84 bits per heavy atom. The average Bonchev–Trinajstić information content (AvgIpc) is 2.54. The Kier molecular flexibility index (Phi) is 7.48. The molecule has 4 heteroatoms. The fourth-order valence-electron chi connectivity index (χ4n) is 3.43. The second-order valence-corrected chi connectivity index (χ2v) is 7.58. The van der Waals surface area contributed by atoms with Crippen molar-refractivity contribution in [1.82, 2.24) is 4.90 Å². The normalized spacial score (nSPS) is 15.9. The average molecular weight is 345 g/mol. The van der Waals surface area contributed by atoms with Gasteiger partial charge in [0.25, 0.3) is 0 Å². The molecule has 1 aliphatic rings. The third-order valence-electron chi connectivity index (χ3n) is 4.95. The molecule has 0 aromatic carbocycles. The summed E-state index contributed by atoms with van der Waals surface area (Å²) in [7, 11) is 0. The van der Waals surface area contributed by atoms with Gasteiger partial charge < -0.3 is 10.0 Å². The highest BCUT2D eigenvalue weighted by Crippen LogP contribution is 2.41. The molecule has 138 valence electrons. The monoisotopic (exact) mass is 345 g/mol. The number of hydrogen-bond donors (Lipinski definition) is 1. The standard InChI is InChI=1S/C21H31NO3/c1-7-22(8-2)19(23)18(16-12-10-9-11-13-16)21(5,6)14-17(15(3)4)20(24)25/h9-10,12,15,17-18H,7-8,14H2,1-6H3,(H,24,25). The number of allylic oxidation sites excluding steroid dienone is 3. The van der Waals surface area contributed by atoms with Crippen molar-refractivity contribution >= 4 is 11.9 Å². The van der Waals surface area contributed by atoms with E-state index in [0.717, 1.165) is 5.57 Å². The predicted molar refractivity (Wildman–Crippen MR) is 100 cm³/mol. The van der Waals surface area contributed by atoms with Crippen LogP contribution in [0.4, 0.5) is 0 Å². The van der Waals surface area contributed by atoms with Gasteiger partial charge in [-0.3, -0.25) is 9.59 Å². The van der Waals surface area contributed by atoms with Crippen LogP contribution in [-0.2, 0) is 9.59 Å². The van der Waals surface area contributed by atoms with Crippen molar-refractivity contribution in [3.63, 3.8) is 0 Å². The summed E-state index contributed by atoms with van der Waals surface area (Å²) in [6.07, 6.45) is 5.92. The highest BCUT2D eigenvalue weighted by molar-refractivity contribution is 5.83. The van der Waals surface area contributed by atoms with Crippen LogP contribution in [0.3, 0.4) is 0 Å². The Labute approximate surface area is 151 Å². The van der Waals surface area contributed by atoms with Crippen LogP contribution in [0.25, 0.3) is 0 Å². The van der Waals surface area contributed by atoms with Crippen LogP contribution in [0, 0.1) is 23.2 Å². The fraction of sp³-hybridized carbons (Fsp3) is 0.619. The van der Waals surface area contributed by atoms with Crippen molar-refractivity contribution in [2.75, 3.05) is 13.1 Å². The molecule has 0 saturated heterocycles. The first kappa shape index (κ1) is 21.0. The van der Waals surface area contributed by atoms with Gasteiger partial charge in [0.2, 0.25) is 5.91 Å². The molecule has 0 aromatic heterocycles. The first-order chi connectivity index (χ1) is 11.7. The van der Waals surface area contributed by atoms with Gasteiger partial charge in [0.15, 0.2) is 0 Å². The predicted octanol–water partition coefficient (Wildman–Crippen LogP) is 4.05. The Morgan fingerprint density at radius 1 is 1.24 bits per heavy atom. The zero-order chi connectivity index (χ0) is 19.2. The van der Waals surface area contributed by atoms with E-state index in [9.17, 15) is 14.7 Å². The summed E-state index contributed by atoms with van der Waals surface area (Å²) in [5, 5.41) is 9.59.